The number of nitrogens with one attached hydrogen (secondary N) is 1. The van der Waals surface area contributed by atoms with Crippen molar-refractivity contribution in [1.29, 1.82) is 5.26 Å². The highest BCUT2D eigenvalue weighted by atomic mass is 32.2. The lowest BCUT2D eigenvalue weighted by molar-refractivity contribution is -0.137. The molecular weight excluding hydrogens is 305 g/mol. The van der Waals surface area contributed by atoms with Crippen molar-refractivity contribution < 1.29 is 18.0 Å². The molecule has 1 unspecified atom stereocenters. The monoisotopic (exact) mass is 318 g/mol. The Morgan fingerprint density at radius 3 is 2.57 bits per heavy atom. The van der Waals surface area contributed by atoms with E-state index in [0.29, 0.717) is 11.5 Å². The molecule has 0 aliphatic heterocycles. The first kappa shape index (κ1) is 17.2. The van der Waals surface area contributed by atoms with Crippen LogP contribution in [-0.4, -0.2) is 33.8 Å². The molecule has 0 aliphatic rings. The number of carbonyl (C=O) groups is 1. The Labute approximate surface area is 124 Å². The molecule has 1 aromatic rings. The molecule has 0 fully saturated rings. The fourth-order valence-corrected chi connectivity index (χ4v) is 2.47. The summed E-state index contributed by atoms with van der Waals surface area (Å²) < 4.78 is 36.1. The summed E-state index contributed by atoms with van der Waals surface area (Å²) in [7, 11) is 0. The molecule has 0 spiro atoms. The van der Waals surface area contributed by atoms with Crippen molar-refractivity contribution in [3.63, 3.8) is 0 Å². The maximum Gasteiger partial charge on any atom is 0.405 e. The molecule has 1 N–H and O–H groups in total. The second-order valence-corrected chi connectivity index (χ2v) is 5.57. The average molecular weight is 318 g/mol. The number of aryl methyl sites for hydroxylation is 2. The molecule has 0 aromatic carbocycles. The van der Waals surface area contributed by atoms with Crippen LogP contribution >= 0.6 is 11.8 Å². The Bertz CT molecular complexity index is 583. The number of nitrogens with zero attached hydrogens (tertiary/aromatic N) is 3. The van der Waals surface area contributed by atoms with Crippen LogP contribution in [0.15, 0.2) is 5.03 Å². The van der Waals surface area contributed by atoms with Crippen molar-refractivity contribution in [2.75, 3.05) is 6.54 Å². The number of hydrogen-bond donors (Lipinski definition) is 1. The number of thioether (sulfide) groups is 1. The van der Waals surface area contributed by atoms with Gasteiger partial charge in [-0.05, 0) is 20.8 Å². The lowest BCUT2D eigenvalue weighted by Gasteiger charge is -2.14. The van der Waals surface area contributed by atoms with Crippen molar-refractivity contribution >= 4 is 17.7 Å². The summed E-state index contributed by atoms with van der Waals surface area (Å²) in [4.78, 5) is 19.7. The van der Waals surface area contributed by atoms with E-state index < -0.39 is 23.9 Å². The fraction of sp³-hybridized carbons (Fsp3) is 0.500. The zero-order valence-corrected chi connectivity index (χ0v) is 12.4. The number of hydrogen-bond acceptors (Lipinski definition) is 5. The van der Waals surface area contributed by atoms with Crippen LogP contribution in [0.4, 0.5) is 13.2 Å². The first-order valence-electron chi connectivity index (χ1n) is 5.90. The van der Waals surface area contributed by atoms with Gasteiger partial charge in [-0.1, -0.05) is 11.8 Å². The molecule has 1 heterocycles. The van der Waals surface area contributed by atoms with Crippen molar-refractivity contribution in [1.82, 2.24) is 15.3 Å². The van der Waals surface area contributed by atoms with Gasteiger partial charge in [0.2, 0.25) is 5.91 Å². The fourth-order valence-electron chi connectivity index (χ4n) is 1.45. The number of alkyl halides is 3. The zero-order chi connectivity index (χ0) is 16.2. The summed E-state index contributed by atoms with van der Waals surface area (Å²) in [5.41, 5.74) is 0.691. The molecule has 1 atom stereocenters. The Morgan fingerprint density at radius 1 is 1.43 bits per heavy atom. The van der Waals surface area contributed by atoms with Crippen molar-refractivity contribution in [2.24, 2.45) is 0 Å². The lowest BCUT2D eigenvalue weighted by atomic mass is 10.3. The summed E-state index contributed by atoms with van der Waals surface area (Å²) in [5.74, 6) is -0.341. The van der Waals surface area contributed by atoms with E-state index >= 15 is 0 Å². The quantitative estimate of drug-likeness (QED) is 0.679. The zero-order valence-electron chi connectivity index (χ0n) is 11.6. The Hall–Kier alpha value is -1.82. The van der Waals surface area contributed by atoms with Crippen LogP contribution in [-0.2, 0) is 4.79 Å². The third-order valence-electron chi connectivity index (χ3n) is 2.40. The van der Waals surface area contributed by atoms with Gasteiger partial charge in [0.1, 0.15) is 29.0 Å². The van der Waals surface area contributed by atoms with Crippen molar-refractivity contribution in [2.45, 2.75) is 37.2 Å². The van der Waals surface area contributed by atoms with E-state index in [0.717, 1.165) is 11.8 Å². The molecule has 114 valence electrons. The minimum Gasteiger partial charge on any atom is -0.346 e. The molecule has 9 heteroatoms. The van der Waals surface area contributed by atoms with E-state index in [9.17, 15) is 18.0 Å². The first-order chi connectivity index (χ1) is 9.64. The minimum atomic E-state index is -4.46. The third kappa shape index (κ3) is 5.23. The van der Waals surface area contributed by atoms with Crippen molar-refractivity contribution in [3.8, 4) is 6.07 Å². The van der Waals surface area contributed by atoms with Crippen LogP contribution in [0.5, 0.6) is 0 Å². The summed E-state index contributed by atoms with van der Waals surface area (Å²) in [5, 5.41) is 10.3. The lowest BCUT2D eigenvalue weighted by Crippen LogP contribution is -2.38. The highest BCUT2D eigenvalue weighted by molar-refractivity contribution is 8.00. The van der Waals surface area contributed by atoms with Crippen LogP contribution in [0.3, 0.4) is 0 Å². The molecule has 0 saturated carbocycles. The standard InChI is InChI=1S/C12H13F3N4OS/c1-6-9(4-16)11(19-8(3)18-6)21-7(2)10(20)17-5-12(13,14)15/h7H,5H2,1-3H3,(H,17,20). The van der Waals surface area contributed by atoms with Gasteiger partial charge in [0.15, 0.2) is 0 Å². The number of halogens is 3. The van der Waals surface area contributed by atoms with Gasteiger partial charge in [-0.25, -0.2) is 9.97 Å². The molecule has 1 amide bonds. The predicted molar refractivity (Wildman–Crippen MR) is 70.6 cm³/mol. The molecule has 5 nitrogen and oxygen atoms in total. The molecular formula is C12H13F3N4OS. The first-order valence-corrected chi connectivity index (χ1v) is 6.78. The van der Waals surface area contributed by atoms with E-state index in [-0.39, 0.29) is 10.6 Å². The maximum atomic E-state index is 12.0. The number of aromatic nitrogens is 2. The van der Waals surface area contributed by atoms with Crippen LogP contribution in [0.1, 0.15) is 24.0 Å². The van der Waals surface area contributed by atoms with E-state index in [1.54, 1.807) is 19.2 Å². The van der Waals surface area contributed by atoms with Gasteiger partial charge < -0.3 is 5.32 Å². The van der Waals surface area contributed by atoms with Crippen LogP contribution in [0, 0.1) is 25.2 Å². The third-order valence-corrected chi connectivity index (χ3v) is 3.49. The highest BCUT2D eigenvalue weighted by Crippen LogP contribution is 2.26. The number of carbonyl (C=O) groups excluding carboxylic acids is 1. The van der Waals surface area contributed by atoms with Gasteiger partial charge in [0, 0.05) is 0 Å². The van der Waals surface area contributed by atoms with E-state index in [4.69, 9.17) is 5.26 Å². The van der Waals surface area contributed by atoms with Gasteiger partial charge in [0.05, 0.1) is 10.9 Å². The predicted octanol–water partition coefficient (Wildman–Crippen LogP) is 2.12. The second kappa shape index (κ2) is 6.76. The van der Waals surface area contributed by atoms with Gasteiger partial charge in [-0.3, -0.25) is 4.79 Å². The van der Waals surface area contributed by atoms with E-state index in [2.05, 4.69) is 9.97 Å². The van der Waals surface area contributed by atoms with Crippen LogP contribution < -0.4 is 5.32 Å². The Balaban J connectivity index is 2.82. The molecule has 0 aliphatic carbocycles. The van der Waals surface area contributed by atoms with Crippen molar-refractivity contribution in [3.05, 3.63) is 17.1 Å². The second-order valence-electron chi connectivity index (χ2n) is 4.24. The summed E-state index contributed by atoms with van der Waals surface area (Å²) in [6, 6.07) is 1.93. The minimum absolute atomic E-state index is 0.223. The topological polar surface area (TPSA) is 78.7 Å². The molecule has 1 rings (SSSR count). The summed E-state index contributed by atoms with van der Waals surface area (Å²) in [6.07, 6.45) is -4.46. The average Bonchev–Trinajstić information content (AvgIpc) is 2.34. The molecule has 0 radical (unpaired) electrons. The highest BCUT2D eigenvalue weighted by Gasteiger charge is 2.29. The van der Waals surface area contributed by atoms with Crippen LogP contribution in [0.2, 0.25) is 0 Å². The number of nitriles is 1. The molecule has 21 heavy (non-hydrogen) atoms. The van der Waals surface area contributed by atoms with Gasteiger partial charge in [0.25, 0.3) is 0 Å². The molecule has 1 aromatic heterocycles. The normalized spacial score (nSPS) is 12.6. The number of rotatable bonds is 4. The Morgan fingerprint density at radius 2 is 2.05 bits per heavy atom. The van der Waals surface area contributed by atoms with Crippen LogP contribution in [0.25, 0.3) is 0 Å². The maximum absolute atomic E-state index is 12.0. The van der Waals surface area contributed by atoms with E-state index in [1.807, 2.05) is 6.07 Å². The van der Waals surface area contributed by atoms with Gasteiger partial charge >= 0.3 is 6.18 Å². The van der Waals surface area contributed by atoms with Gasteiger partial charge in [-0.2, -0.15) is 18.4 Å². The molecule has 0 bridgehead atoms. The summed E-state index contributed by atoms with van der Waals surface area (Å²) >= 11 is 0.929. The molecule has 0 saturated heterocycles. The smallest absolute Gasteiger partial charge is 0.346 e. The van der Waals surface area contributed by atoms with Gasteiger partial charge in [-0.15, -0.1) is 0 Å². The van der Waals surface area contributed by atoms with E-state index in [1.165, 1.54) is 6.92 Å². The Kier molecular flexibility index (Phi) is 5.54. The largest absolute Gasteiger partial charge is 0.405 e. The number of amides is 1. The SMILES string of the molecule is Cc1nc(C)c(C#N)c(SC(C)C(=O)NCC(F)(F)F)n1. The summed E-state index contributed by atoms with van der Waals surface area (Å²) in [6.45, 7) is 3.33.